The molecule has 0 bridgehead atoms. The van der Waals surface area contributed by atoms with Crippen LogP contribution < -0.4 is 10.5 Å². The van der Waals surface area contributed by atoms with E-state index in [1.165, 1.54) is 17.8 Å². The van der Waals surface area contributed by atoms with E-state index in [1.54, 1.807) is 6.07 Å². The Morgan fingerprint density at radius 1 is 1.19 bits per heavy atom. The number of nitrogens with zero attached hydrogens (tertiary/aromatic N) is 1. The summed E-state index contributed by atoms with van der Waals surface area (Å²) in [5.74, 6) is 0. The van der Waals surface area contributed by atoms with Crippen LogP contribution in [0.4, 0.5) is 17.1 Å². The van der Waals surface area contributed by atoms with Crippen molar-refractivity contribution < 1.29 is 13.3 Å². The molecule has 1 heterocycles. The molecular formula is C12H9N3O4S2. The third-order valence-electron chi connectivity index (χ3n) is 2.95. The highest BCUT2D eigenvalue weighted by Crippen LogP contribution is 2.48. The number of nitro groups is 1. The summed E-state index contributed by atoms with van der Waals surface area (Å²) in [5.41, 5.74) is 0.691. The molecule has 0 fully saturated rings. The topological polar surface area (TPSA) is 115 Å². The van der Waals surface area contributed by atoms with Crippen LogP contribution >= 0.6 is 11.8 Å². The van der Waals surface area contributed by atoms with Crippen molar-refractivity contribution in [3.05, 3.63) is 46.5 Å². The van der Waals surface area contributed by atoms with Crippen molar-refractivity contribution in [2.45, 2.75) is 14.7 Å². The standard InChI is InChI=1S/C12H9N3O4S2/c13-21(18,19)7-5-9(15(16)17)12-11(6-7)20-10-4-2-1-3-8(10)14-12/h1-6,14H,(H2,13,18,19). The summed E-state index contributed by atoms with van der Waals surface area (Å²) in [6, 6.07) is 9.58. The van der Waals surface area contributed by atoms with Gasteiger partial charge in [0.25, 0.3) is 5.69 Å². The molecule has 2 aromatic carbocycles. The smallest absolute Gasteiger partial charge is 0.295 e. The van der Waals surface area contributed by atoms with Crippen molar-refractivity contribution in [1.29, 1.82) is 0 Å². The molecule has 7 nitrogen and oxygen atoms in total. The van der Waals surface area contributed by atoms with Crippen LogP contribution in [0.15, 0.2) is 51.1 Å². The van der Waals surface area contributed by atoms with Gasteiger partial charge in [0.15, 0.2) is 0 Å². The van der Waals surface area contributed by atoms with Gasteiger partial charge < -0.3 is 5.32 Å². The SMILES string of the molecule is NS(=O)(=O)c1cc2c(c([N+](=O)[O-])c1)Nc1ccccc1S2. The number of nitrogens with one attached hydrogen (secondary N) is 1. The molecule has 0 radical (unpaired) electrons. The Kier molecular flexibility index (Phi) is 3.12. The molecule has 108 valence electrons. The summed E-state index contributed by atoms with van der Waals surface area (Å²) < 4.78 is 22.9. The number of sulfonamides is 1. The van der Waals surface area contributed by atoms with E-state index in [0.29, 0.717) is 4.90 Å². The van der Waals surface area contributed by atoms with Gasteiger partial charge in [-0.05, 0) is 18.2 Å². The second kappa shape index (κ2) is 4.72. The van der Waals surface area contributed by atoms with E-state index >= 15 is 0 Å². The normalized spacial score (nSPS) is 13.0. The Balaban J connectivity index is 2.23. The van der Waals surface area contributed by atoms with Crippen LogP contribution in [0.3, 0.4) is 0 Å². The zero-order valence-corrected chi connectivity index (χ0v) is 12.1. The van der Waals surface area contributed by atoms with Gasteiger partial charge in [0.2, 0.25) is 10.0 Å². The lowest BCUT2D eigenvalue weighted by molar-refractivity contribution is -0.384. The largest absolute Gasteiger partial charge is 0.348 e. The average Bonchev–Trinajstić information content (AvgIpc) is 2.42. The van der Waals surface area contributed by atoms with Crippen molar-refractivity contribution in [3.63, 3.8) is 0 Å². The van der Waals surface area contributed by atoms with Gasteiger partial charge in [-0.25, -0.2) is 13.6 Å². The summed E-state index contributed by atoms with van der Waals surface area (Å²) in [6.45, 7) is 0. The summed E-state index contributed by atoms with van der Waals surface area (Å²) in [7, 11) is -4.02. The molecule has 0 unspecified atom stereocenters. The van der Waals surface area contributed by atoms with Crippen LogP contribution in [0.5, 0.6) is 0 Å². The fourth-order valence-corrected chi connectivity index (χ4v) is 3.69. The molecule has 0 aliphatic carbocycles. The van der Waals surface area contributed by atoms with Crippen molar-refractivity contribution in [2.75, 3.05) is 5.32 Å². The second-order valence-corrected chi connectivity index (χ2v) is 6.99. The zero-order valence-electron chi connectivity index (χ0n) is 10.4. The Morgan fingerprint density at radius 3 is 2.57 bits per heavy atom. The molecule has 1 aliphatic heterocycles. The Labute approximate surface area is 124 Å². The van der Waals surface area contributed by atoms with Gasteiger partial charge in [-0.1, -0.05) is 23.9 Å². The van der Waals surface area contributed by atoms with Gasteiger partial charge in [-0.2, -0.15) is 0 Å². The predicted octanol–water partition coefficient (Wildman–Crippen LogP) is 2.45. The highest BCUT2D eigenvalue weighted by atomic mass is 32.2. The first-order valence-corrected chi connectivity index (χ1v) is 8.12. The summed E-state index contributed by atoms with van der Waals surface area (Å²) in [5, 5.41) is 19.2. The first-order chi connectivity index (χ1) is 9.86. The maximum absolute atomic E-state index is 11.5. The van der Waals surface area contributed by atoms with Gasteiger partial charge in [0.1, 0.15) is 5.69 Å². The maximum Gasteiger partial charge on any atom is 0.295 e. The Hall–Kier alpha value is -2.10. The van der Waals surface area contributed by atoms with E-state index in [2.05, 4.69) is 5.32 Å². The number of nitro benzene ring substituents is 1. The number of fused-ring (bicyclic) bond motifs is 2. The van der Waals surface area contributed by atoms with E-state index in [-0.39, 0.29) is 16.3 Å². The van der Waals surface area contributed by atoms with Crippen molar-refractivity contribution in [3.8, 4) is 0 Å². The van der Waals surface area contributed by atoms with Gasteiger partial charge in [-0.15, -0.1) is 0 Å². The lowest BCUT2D eigenvalue weighted by Crippen LogP contribution is -2.14. The molecule has 0 aromatic heterocycles. The minimum atomic E-state index is -4.02. The molecule has 0 spiro atoms. The molecular weight excluding hydrogens is 314 g/mol. The Bertz CT molecular complexity index is 865. The third kappa shape index (κ3) is 2.46. The first-order valence-electron chi connectivity index (χ1n) is 5.75. The van der Waals surface area contributed by atoms with Crippen LogP contribution in [0.2, 0.25) is 0 Å². The molecule has 0 saturated carbocycles. The first kappa shape index (κ1) is 13.9. The fourth-order valence-electron chi connectivity index (χ4n) is 2.00. The van der Waals surface area contributed by atoms with E-state index in [0.717, 1.165) is 16.6 Å². The molecule has 3 N–H and O–H groups in total. The van der Waals surface area contributed by atoms with Gasteiger partial charge in [0.05, 0.1) is 15.5 Å². The Morgan fingerprint density at radius 2 is 1.90 bits per heavy atom. The van der Waals surface area contributed by atoms with Crippen molar-refractivity contribution in [2.24, 2.45) is 5.14 Å². The highest BCUT2D eigenvalue weighted by Gasteiger charge is 2.27. The summed E-state index contributed by atoms with van der Waals surface area (Å²) in [4.78, 5) is 11.6. The molecule has 3 rings (SSSR count). The van der Waals surface area contributed by atoms with E-state index in [9.17, 15) is 18.5 Å². The number of hydrogen-bond donors (Lipinski definition) is 2. The van der Waals surface area contributed by atoms with E-state index in [1.807, 2.05) is 18.2 Å². The van der Waals surface area contributed by atoms with E-state index in [4.69, 9.17) is 5.14 Å². The molecule has 0 amide bonds. The van der Waals surface area contributed by atoms with Crippen LogP contribution in [0.1, 0.15) is 0 Å². The third-order valence-corrected chi connectivity index (χ3v) is 4.96. The molecule has 9 heteroatoms. The second-order valence-electron chi connectivity index (χ2n) is 4.34. The van der Waals surface area contributed by atoms with E-state index < -0.39 is 14.9 Å². The molecule has 0 atom stereocenters. The fraction of sp³-hybridized carbons (Fsp3) is 0. The number of primary sulfonamides is 1. The van der Waals surface area contributed by atoms with Crippen LogP contribution in [0.25, 0.3) is 0 Å². The summed E-state index contributed by atoms with van der Waals surface area (Å²) >= 11 is 1.26. The molecule has 2 aromatic rings. The van der Waals surface area contributed by atoms with Crippen molar-refractivity contribution in [1.82, 2.24) is 0 Å². The number of benzene rings is 2. The minimum Gasteiger partial charge on any atom is -0.348 e. The van der Waals surface area contributed by atoms with Crippen molar-refractivity contribution >= 4 is 38.8 Å². The monoisotopic (exact) mass is 323 g/mol. The summed E-state index contributed by atoms with van der Waals surface area (Å²) in [6.07, 6.45) is 0. The minimum absolute atomic E-state index is 0.274. The quantitative estimate of drug-likeness (QED) is 0.553. The number of hydrogen-bond acceptors (Lipinski definition) is 6. The number of nitrogens with two attached hydrogens (primary N) is 1. The highest BCUT2D eigenvalue weighted by molar-refractivity contribution is 7.99. The zero-order chi connectivity index (χ0) is 15.2. The number of para-hydroxylation sites is 1. The average molecular weight is 323 g/mol. The van der Waals surface area contributed by atoms with Crippen LogP contribution in [0, 0.1) is 10.1 Å². The van der Waals surface area contributed by atoms with Crippen LogP contribution in [-0.4, -0.2) is 13.3 Å². The van der Waals surface area contributed by atoms with Gasteiger partial charge in [0, 0.05) is 15.9 Å². The predicted molar refractivity (Wildman–Crippen MR) is 78.3 cm³/mol. The maximum atomic E-state index is 11.5. The van der Waals surface area contributed by atoms with Gasteiger partial charge >= 0.3 is 0 Å². The lowest BCUT2D eigenvalue weighted by atomic mass is 10.2. The number of anilines is 2. The molecule has 21 heavy (non-hydrogen) atoms. The lowest BCUT2D eigenvalue weighted by Gasteiger charge is -2.20. The van der Waals surface area contributed by atoms with Gasteiger partial charge in [-0.3, -0.25) is 10.1 Å². The molecule has 0 saturated heterocycles. The molecule has 1 aliphatic rings. The van der Waals surface area contributed by atoms with Crippen LogP contribution in [-0.2, 0) is 10.0 Å². The number of rotatable bonds is 2.